The van der Waals surface area contributed by atoms with Gasteiger partial charge >= 0.3 is 5.97 Å². The lowest BCUT2D eigenvalue weighted by atomic mass is 10.1. The number of methoxy groups -OCH3 is 1. The predicted octanol–water partition coefficient (Wildman–Crippen LogP) is 2.78. The molecule has 3 heterocycles. The molecule has 0 saturated carbocycles. The van der Waals surface area contributed by atoms with Gasteiger partial charge in [0.25, 0.3) is 5.56 Å². The number of carbonyl (C=O) groups excluding carboxylic acids is 1. The number of hydrogen-bond acceptors (Lipinski definition) is 6. The van der Waals surface area contributed by atoms with Crippen molar-refractivity contribution in [2.75, 3.05) is 20.2 Å². The number of likely N-dealkylation sites (tertiary alicyclic amines) is 1. The summed E-state index contributed by atoms with van der Waals surface area (Å²) in [5, 5.41) is 9.03. The first-order valence-corrected chi connectivity index (χ1v) is 10.4. The van der Waals surface area contributed by atoms with E-state index < -0.39 is 0 Å². The van der Waals surface area contributed by atoms with Crippen LogP contribution in [0, 0.1) is 6.92 Å². The summed E-state index contributed by atoms with van der Waals surface area (Å²) < 4.78 is 8.41. The summed E-state index contributed by atoms with van der Waals surface area (Å²) in [4.78, 5) is 27.9. The molecular weight excluding hydrogens is 394 g/mol. The first-order chi connectivity index (χ1) is 15.1. The number of rotatable bonds is 4. The zero-order valence-electron chi connectivity index (χ0n) is 17.5. The van der Waals surface area contributed by atoms with Crippen molar-refractivity contribution in [3.63, 3.8) is 0 Å². The molecule has 1 saturated heterocycles. The van der Waals surface area contributed by atoms with Crippen LogP contribution < -0.4 is 5.56 Å². The molecule has 1 unspecified atom stereocenters. The van der Waals surface area contributed by atoms with Gasteiger partial charge in [-0.25, -0.2) is 4.79 Å². The minimum absolute atomic E-state index is 0.104. The number of ether oxygens (including phenoxy) is 1. The molecule has 0 amide bonds. The summed E-state index contributed by atoms with van der Waals surface area (Å²) in [5.41, 5.74) is 3.08. The molecule has 158 valence electrons. The summed E-state index contributed by atoms with van der Waals surface area (Å²) in [6, 6.07) is 13.1. The summed E-state index contributed by atoms with van der Waals surface area (Å²) >= 11 is 0. The second kappa shape index (κ2) is 7.63. The van der Waals surface area contributed by atoms with E-state index >= 15 is 0 Å². The molecule has 0 radical (unpaired) electrons. The molecule has 31 heavy (non-hydrogen) atoms. The molecule has 1 fully saturated rings. The number of benzene rings is 2. The van der Waals surface area contributed by atoms with E-state index in [1.165, 1.54) is 7.11 Å². The van der Waals surface area contributed by atoms with E-state index in [4.69, 9.17) is 4.74 Å². The lowest BCUT2D eigenvalue weighted by molar-refractivity contribution is 0.0600. The number of esters is 1. The molecule has 5 rings (SSSR count). The van der Waals surface area contributed by atoms with Gasteiger partial charge in [0, 0.05) is 13.1 Å². The summed E-state index contributed by atoms with van der Waals surface area (Å²) in [6.45, 7) is 3.73. The Morgan fingerprint density at radius 1 is 1.10 bits per heavy atom. The number of nitrogens with zero attached hydrogens (tertiary/aromatic N) is 5. The highest BCUT2D eigenvalue weighted by molar-refractivity contribution is 5.89. The van der Waals surface area contributed by atoms with E-state index in [1.807, 2.05) is 41.7 Å². The van der Waals surface area contributed by atoms with Crippen LogP contribution in [0.3, 0.4) is 0 Å². The molecule has 0 N–H and O–H groups in total. The summed E-state index contributed by atoms with van der Waals surface area (Å²) in [5.74, 6) is 0.109. The van der Waals surface area contributed by atoms with Crippen LogP contribution in [0.2, 0.25) is 0 Å². The Bertz CT molecular complexity index is 1330. The molecule has 2 aromatic heterocycles. The van der Waals surface area contributed by atoms with E-state index in [1.54, 1.807) is 23.0 Å². The van der Waals surface area contributed by atoms with Crippen LogP contribution in [-0.2, 0) is 4.74 Å². The van der Waals surface area contributed by atoms with Gasteiger partial charge in [-0.15, -0.1) is 10.2 Å². The summed E-state index contributed by atoms with van der Waals surface area (Å²) in [6.07, 6.45) is 3.44. The quantitative estimate of drug-likeness (QED) is 0.475. The lowest BCUT2D eigenvalue weighted by Crippen LogP contribution is -2.38. The fourth-order valence-electron chi connectivity index (χ4n) is 4.45. The zero-order chi connectivity index (χ0) is 21.5. The molecule has 0 spiro atoms. The number of hydrogen-bond donors (Lipinski definition) is 0. The van der Waals surface area contributed by atoms with Crippen LogP contribution in [0.15, 0.2) is 53.6 Å². The Morgan fingerprint density at radius 2 is 1.84 bits per heavy atom. The van der Waals surface area contributed by atoms with Gasteiger partial charge in [0.05, 0.1) is 23.6 Å². The largest absolute Gasteiger partial charge is 0.465 e. The van der Waals surface area contributed by atoms with Gasteiger partial charge in [0.1, 0.15) is 12.5 Å². The maximum atomic E-state index is 13.8. The van der Waals surface area contributed by atoms with E-state index in [-0.39, 0.29) is 17.7 Å². The van der Waals surface area contributed by atoms with Gasteiger partial charge in [-0.2, -0.15) is 0 Å². The molecule has 2 aromatic carbocycles. The van der Waals surface area contributed by atoms with Crippen LogP contribution in [0.1, 0.15) is 40.5 Å². The van der Waals surface area contributed by atoms with Gasteiger partial charge < -0.3 is 4.74 Å². The average Bonchev–Trinajstić information content (AvgIpc) is 3.48. The minimum atomic E-state index is -0.387. The monoisotopic (exact) mass is 417 g/mol. The Kier molecular flexibility index (Phi) is 4.78. The zero-order valence-corrected chi connectivity index (χ0v) is 17.5. The SMILES string of the molecule is COC(=O)c1ccc(C(N2CCCC2)n2c(=O)c3cc(C)ccc3n3cnnc23)cc1. The van der Waals surface area contributed by atoms with E-state index in [0.717, 1.165) is 42.6 Å². The van der Waals surface area contributed by atoms with Crippen molar-refractivity contribution in [3.05, 3.63) is 75.8 Å². The standard InChI is InChI=1S/C23H23N5O3/c1-15-5-10-19-18(13-15)21(29)28(23-25-24-14-27(19)23)20(26-11-3-4-12-26)16-6-8-17(9-7-16)22(30)31-2/h5-10,13-14,20H,3-4,11-12H2,1-2H3. The second-order valence-electron chi connectivity index (χ2n) is 7.93. The number of aromatic nitrogens is 4. The third-order valence-corrected chi connectivity index (χ3v) is 5.97. The van der Waals surface area contributed by atoms with Crippen molar-refractivity contribution >= 4 is 22.6 Å². The van der Waals surface area contributed by atoms with Crippen LogP contribution >= 0.6 is 0 Å². The van der Waals surface area contributed by atoms with Crippen molar-refractivity contribution in [1.82, 2.24) is 24.1 Å². The van der Waals surface area contributed by atoms with Gasteiger partial charge in [0.2, 0.25) is 5.78 Å². The highest BCUT2D eigenvalue weighted by Gasteiger charge is 2.29. The fourth-order valence-corrected chi connectivity index (χ4v) is 4.45. The average molecular weight is 417 g/mol. The fraction of sp³-hybridized carbons (Fsp3) is 0.304. The normalized spacial score (nSPS) is 15.5. The second-order valence-corrected chi connectivity index (χ2v) is 7.93. The van der Waals surface area contributed by atoms with Crippen molar-refractivity contribution in [1.29, 1.82) is 0 Å². The Labute approximate surface area is 178 Å². The van der Waals surface area contributed by atoms with Gasteiger partial charge in [-0.1, -0.05) is 23.8 Å². The highest BCUT2D eigenvalue weighted by Crippen LogP contribution is 2.28. The van der Waals surface area contributed by atoms with Crippen molar-refractivity contribution < 1.29 is 9.53 Å². The minimum Gasteiger partial charge on any atom is -0.465 e. The Hall–Kier alpha value is -3.52. The highest BCUT2D eigenvalue weighted by atomic mass is 16.5. The maximum absolute atomic E-state index is 13.8. The third kappa shape index (κ3) is 3.19. The van der Waals surface area contributed by atoms with Crippen molar-refractivity contribution in [2.45, 2.75) is 25.9 Å². The van der Waals surface area contributed by atoms with Crippen LogP contribution in [0.25, 0.3) is 16.7 Å². The molecule has 8 heteroatoms. The van der Waals surface area contributed by atoms with Crippen LogP contribution in [-0.4, -0.2) is 50.2 Å². The maximum Gasteiger partial charge on any atom is 0.337 e. The molecular formula is C23H23N5O3. The van der Waals surface area contributed by atoms with Crippen molar-refractivity contribution in [2.24, 2.45) is 0 Å². The van der Waals surface area contributed by atoms with Gasteiger partial charge in [0.15, 0.2) is 0 Å². The van der Waals surface area contributed by atoms with Crippen LogP contribution in [0.4, 0.5) is 0 Å². The predicted molar refractivity (Wildman–Crippen MR) is 116 cm³/mol. The molecule has 1 aliphatic heterocycles. The molecule has 8 nitrogen and oxygen atoms in total. The van der Waals surface area contributed by atoms with E-state index in [2.05, 4.69) is 15.1 Å². The van der Waals surface area contributed by atoms with E-state index in [0.29, 0.717) is 16.7 Å². The number of fused-ring (bicyclic) bond motifs is 3. The Balaban J connectivity index is 1.77. The Morgan fingerprint density at radius 3 is 2.55 bits per heavy atom. The molecule has 1 atom stereocenters. The molecule has 0 bridgehead atoms. The molecule has 0 aliphatic carbocycles. The third-order valence-electron chi connectivity index (χ3n) is 5.97. The lowest BCUT2D eigenvalue weighted by Gasteiger charge is -2.30. The molecule has 1 aliphatic rings. The van der Waals surface area contributed by atoms with Gasteiger partial charge in [-0.3, -0.25) is 18.7 Å². The topological polar surface area (TPSA) is 81.7 Å². The summed E-state index contributed by atoms with van der Waals surface area (Å²) in [7, 11) is 1.36. The number of aryl methyl sites for hydroxylation is 1. The smallest absolute Gasteiger partial charge is 0.337 e. The first-order valence-electron chi connectivity index (χ1n) is 10.4. The van der Waals surface area contributed by atoms with Crippen LogP contribution in [0.5, 0.6) is 0 Å². The van der Waals surface area contributed by atoms with Crippen molar-refractivity contribution in [3.8, 4) is 0 Å². The first kappa shape index (κ1) is 19.4. The number of carbonyl (C=O) groups is 1. The molecule has 4 aromatic rings. The van der Waals surface area contributed by atoms with Gasteiger partial charge in [-0.05, 0) is 49.6 Å². The van der Waals surface area contributed by atoms with E-state index in [9.17, 15) is 9.59 Å².